The summed E-state index contributed by atoms with van der Waals surface area (Å²) < 4.78 is 7.15. The van der Waals surface area contributed by atoms with E-state index in [1.165, 1.54) is 0 Å². The van der Waals surface area contributed by atoms with Gasteiger partial charge in [-0.05, 0) is 23.3 Å². The second-order valence-electron chi connectivity index (χ2n) is 5.65. The van der Waals surface area contributed by atoms with Gasteiger partial charge in [0.25, 0.3) is 0 Å². The zero-order valence-corrected chi connectivity index (χ0v) is 12.8. The van der Waals surface area contributed by atoms with Gasteiger partial charge in [-0.15, -0.1) is 0 Å². The number of aliphatic hydroxyl groups excluding tert-OH is 1. The Morgan fingerprint density at radius 2 is 2.00 bits per heavy atom. The molecule has 2 aromatic carbocycles. The molecule has 0 bridgehead atoms. The minimum Gasteiger partial charge on any atom is -0.493 e. The third-order valence-electron chi connectivity index (χ3n) is 4.10. The van der Waals surface area contributed by atoms with E-state index < -0.39 is 6.10 Å². The van der Waals surface area contributed by atoms with Crippen molar-refractivity contribution in [1.29, 1.82) is 0 Å². The van der Waals surface area contributed by atoms with Crippen molar-refractivity contribution >= 4 is 0 Å². The van der Waals surface area contributed by atoms with E-state index in [2.05, 4.69) is 10.1 Å². The standard InChI is InChI=1S/C18H17N3O2/c1-21-18(19-17(20-21)12-5-3-2-4-6-12)16(22)14-7-8-15-13(11-14)9-10-23-15/h2-8,11,16,22H,9-10H2,1H3. The van der Waals surface area contributed by atoms with Gasteiger partial charge in [-0.25, -0.2) is 9.67 Å². The second-order valence-corrected chi connectivity index (χ2v) is 5.65. The number of hydrogen-bond donors (Lipinski definition) is 1. The van der Waals surface area contributed by atoms with Crippen LogP contribution in [-0.2, 0) is 13.5 Å². The molecule has 0 radical (unpaired) electrons. The number of benzene rings is 2. The summed E-state index contributed by atoms with van der Waals surface area (Å²) >= 11 is 0. The zero-order valence-electron chi connectivity index (χ0n) is 12.8. The predicted molar refractivity (Wildman–Crippen MR) is 86.1 cm³/mol. The first kappa shape index (κ1) is 14.0. The molecule has 5 nitrogen and oxygen atoms in total. The van der Waals surface area contributed by atoms with Gasteiger partial charge >= 0.3 is 0 Å². The van der Waals surface area contributed by atoms with Crippen molar-refractivity contribution in [3.05, 3.63) is 65.5 Å². The highest BCUT2D eigenvalue weighted by Crippen LogP contribution is 2.30. The largest absolute Gasteiger partial charge is 0.493 e. The lowest BCUT2D eigenvalue weighted by molar-refractivity contribution is 0.204. The smallest absolute Gasteiger partial charge is 0.181 e. The van der Waals surface area contributed by atoms with Crippen LogP contribution in [-0.4, -0.2) is 26.5 Å². The molecule has 0 fully saturated rings. The Morgan fingerprint density at radius 3 is 2.83 bits per heavy atom. The molecule has 1 aromatic heterocycles. The average molecular weight is 307 g/mol. The van der Waals surface area contributed by atoms with Crippen LogP contribution in [0.1, 0.15) is 23.1 Å². The van der Waals surface area contributed by atoms with Gasteiger partial charge in [0, 0.05) is 19.0 Å². The van der Waals surface area contributed by atoms with Gasteiger partial charge in [-0.1, -0.05) is 36.4 Å². The quantitative estimate of drug-likeness (QED) is 0.807. The van der Waals surface area contributed by atoms with Crippen LogP contribution in [0, 0.1) is 0 Å². The van der Waals surface area contributed by atoms with Crippen molar-refractivity contribution in [2.24, 2.45) is 7.05 Å². The summed E-state index contributed by atoms with van der Waals surface area (Å²) in [6, 6.07) is 15.5. The molecule has 1 aliphatic rings. The second kappa shape index (κ2) is 5.52. The number of aliphatic hydroxyl groups is 1. The lowest BCUT2D eigenvalue weighted by Crippen LogP contribution is -2.08. The molecule has 1 N–H and O–H groups in total. The maximum absolute atomic E-state index is 10.7. The number of aromatic nitrogens is 3. The van der Waals surface area contributed by atoms with E-state index in [0.717, 1.165) is 28.9 Å². The minimum atomic E-state index is -0.809. The normalized spacial score (nSPS) is 14.3. The summed E-state index contributed by atoms with van der Waals surface area (Å²) in [5, 5.41) is 15.1. The van der Waals surface area contributed by atoms with E-state index in [-0.39, 0.29) is 0 Å². The van der Waals surface area contributed by atoms with Crippen LogP contribution in [0.4, 0.5) is 0 Å². The van der Waals surface area contributed by atoms with Crippen LogP contribution in [0.25, 0.3) is 11.4 Å². The number of fused-ring (bicyclic) bond motifs is 1. The molecule has 0 saturated carbocycles. The SMILES string of the molecule is Cn1nc(-c2ccccc2)nc1C(O)c1ccc2c(c1)CCO2. The highest BCUT2D eigenvalue weighted by atomic mass is 16.5. The Balaban J connectivity index is 1.69. The molecule has 1 aliphatic heterocycles. The molecular formula is C18H17N3O2. The number of hydrogen-bond acceptors (Lipinski definition) is 4. The molecule has 0 amide bonds. The fourth-order valence-corrected chi connectivity index (χ4v) is 2.87. The van der Waals surface area contributed by atoms with Crippen molar-refractivity contribution in [1.82, 2.24) is 14.8 Å². The van der Waals surface area contributed by atoms with Crippen LogP contribution in [0.3, 0.4) is 0 Å². The number of nitrogens with zero attached hydrogens (tertiary/aromatic N) is 3. The van der Waals surface area contributed by atoms with Crippen molar-refractivity contribution < 1.29 is 9.84 Å². The molecular weight excluding hydrogens is 290 g/mol. The van der Waals surface area contributed by atoms with E-state index in [0.29, 0.717) is 18.3 Å². The van der Waals surface area contributed by atoms with E-state index >= 15 is 0 Å². The van der Waals surface area contributed by atoms with Gasteiger partial charge in [0.05, 0.1) is 6.61 Å². The van der Waals surface area contributed by atoms with Crippen LogP contribution < -0.4 is 4.74 Å². The maximum Gasteiger partial charge on any atom is 0.181 e. The molecule has 0 spiro atoms. The van der Waals surface area contributed by atoms with Crippen LogP contribution >= 0.6 is 0 Å². The fraction of sp³-hybridized carbons (Fsp3) is 0.222. The third-order valence-corrected chi connectivity index (χ3v) is 4.10. The molecule has 2 heterocycles. The van der Waals surface area contributed by atoms with E-state index in [4.69, 9.17) is 4.74 Å². The summed E-state index contributed by atoms with van der Waals surface area (Å²) in [7, 11) is 1.80. The van der Waals surface area contributed by atoms with Crippen molar-refractivity contribution in [2.75, 3.05) is 6.61 Å². The Morgan fingerprint density at radius 1 is 1.17 bits per heavy atom. The lowest BCUT2D eigenvalue weighted by Gasteiger charge is -2.11. The summed E-state index contributed by atoms with van der Waals surface area (Å²) in [5.41, 5.74) is 2.88. The maximum atomic E-state index is 10.7. The van der Waals surface area contributed by atoms with Crippen molar-refractivity contribution in [3.8, 4) is 17.1 Å². The molecule has 1 unspecified atom stereocenters. The van der Waals surface area contributed by atoms with Gasteiger partial charge in [0.1, 0.15) is 11.9 Å². The van der Waals surface area contributed by atoms with Crippen LogP contribution in [0.5, 0.6) is 5.75 Å². The predicted octanol–water partition coefficient (Wildman–Crippen LogP) is 2.50. The highest BCUT2D eigenvalue weighted by molar-refractivity contribution is 5.54. The third kappa shape index (κ3) is 2.49. The Hall–Kier alpha value is -2.66. The number of aryl methyl sites for hydroxylation is 1. The number of ether oxygens (including phenoxy) is 1. The lowest BCUT2D eigenvalue weighted by atomic mass is 10.0. The first-order valence-electron chi connectivity index (χ1n) is 7.62. The molecule has 0 saturated heterocycles. The van der Waals surface area contributed by atoms with Crippen molar-refractivity contribution in [2.45, 2.75) is 12.5 Å². The molecule has 1 atom stereocenters. The summed E-state index contributed by atoms with van der Waals surface area (Å²) in [6.45, 7) is 0.705. The van der Waals surface area contributed by atoms with E-state index in [1.807, 2.05) is 48.5 Å². The van der Waals surface area contributed by atoms with E-state index in [9.17, 15) is 5.11 Å². The minimum absolute atomic E-state index is 0.530. The van der Waals surface area contributed by atoms with Crippen LogP contribution in [0.15, 0.2) is 48.5 Å². The summed E-state index contributed by atoms with van der Waals surface area (Å²) in [6.07, 6.45) is 0.0696. The average Bonchev–Trinajstić information content (AvgIpc) is 3.20. The highest BCUT2D eigenvalue weighted by Gasteiger charge is 2.21. The molecule has 5 heteroatoms. The fourth-order valence-electron chi connectivity index (χ4n) is 2.87. The topological polar surface area (TPSA) is 60.2 Å². The van der Waals surface area contributed by atoms with Crippen molar-refractivity contribution in [3.63, 3.8) is 0 Å². The molecule has 3 aromatic rings. The zero-order chi connectivity index (χ0) is 15.8. The van der Waals surface area contributed by atoms with Gasteiger partial charge in [-0.2, -0.15) is 5.10 Å². The Labute approximate surface area is 134 Å². The summed E-state index contributed by atoms with van der Waals surface area (Å²) in [5.74, 6) is 2.05. The number of rotatable bonds is 3. The van der Waals surface area contributed by atoms with Gasteiger partial charge in [-0.3, -0.25) is 0 Å². The monoisotopic (exact) mass is 307 g/mol. The molecule has 0 aliphatic carbocycles. The van der Waals surface area contributed by atoms with Crippen LogP contribution in [0.2, 0.25) is 0 Å². The molecule has 4 rings (SSSR count). The van der Waals surface area contributed by atoms with Gasteiger partial charge in [0.15, 0.2) is 11.6 Å². The first-order chi connectivity index (χ1) is 11.2. The summed E-state index contributed by atoms with van der Waals surface area (Å²) in [4.78, 5) is 4.52. The first-order valence-corrected chi connectivity index (χ1v) is 7.62. The van der Waals surface area contributed by atoms with E-state index in [1.54, 1.807) is 11.7 Å². The van der Waals surface area contributed by atoms with Gasteiger partial charge < -0.3 is 9.84 Å². The molecule has 23 heavy (non-hydrogen) atoms. The Bertz CT molecular complexity index is 843. The van der Waals surface area contributed by atoms with Gasteiger partial charge in [0.2, 0.25) is 0 Å². The Kier molecular flexibility index (Phi) is 3.35. The molecule has 116 valence electrons.